The average molecular weight is 623 g/mol. The fraction of sp³-hybridized carbons (Fsp3) is 0.629. The van der Waals surface area contributed by atoms with E-state index in [0.717, 1.165) is 42.1 Å². The highest BCUT2D eigenvalue weighted by Crippen LogP contribution is 2.33. The molecular weight excluding hydrogens is 572 g/mol. The van der Waals surface area contributed by atoms with Crippen LogP contribution in [0.1, 0.15) is 97.0 Å². The molecule has 1 saturated carbocycles. The summed E-state index contributed by atoms with van der Waals surface area (Å²) in [7, 11) is 1.56. The van der Waals surface area contributed by atoms with Gasteiger partial charge in [0, 0.05) is 42.7 Å². The maximum atomic E-state index is 14.2. The van der Waals surface area contributed by atoms with E-state index in [1.54, 1.807) is 18.0 Å². The summed E-state index contributed by atoms with van der Waals surface area (Å²) in [5.41, 5.74) is 1.64. The Morgan fingerprint density at radius 2 is 1.62 bits per heavy atom. The molecule has 4 rings (SSSR count). The third kappa shape index (κ3) is 8.32. The number of nitrogens with zero attached hydrogens (tertiary/aromatic N) is 1. The molecule has 2 aromatic rings. The SMILES string of the molecule is CCC(=O)CCCCC[C@@H]1NC(=O)[C@H](Cc2cn(OC)c3ccccc23)NC(=O)[C@H](C(C)CC)NC(=O)[C@@H]2CCCCC2C1=O. The number of carbonyl (C=O) groups excluding carboxylic acids is 5. The zero-order chi connectivity index (χ0) is 32.5. The Bertz CT molecular complexity index is 1370. The Labute approximate surface area is 266 Å². The molecule has 1 aliphatic carbocycles. The lowest BCUT2D eigenvalue weighted by Gasteiger charge is -2.35. The Morgan fingerprint density at radius 1 is 0.911 bits per heavy atom. The van der Waals surface area contributed by atoms with E-state index in [1.165, 1.54) is 0 Å². The van der Waals surface area contributed by atoms with Crippen LogP contribution in [-0.4, -0.2) is 59.3 Å². The first-order valence-electron chi connectivity index (χ1n) is 16.8. The minimum absolute atomic E-state index is 0.116. The fourth-order valence-electron chi connectivity index (χ4n) is 6.81. The van der Waals surface area contributed by atoms with Crippen LogP contribution >= 0.6 is 0 Å². The van der Waals surface area contributed by atoms with Gasteiger partial charge in [-0.3, -0.25) is 24.0 Å². The van der Waals surface area contributed by atoms with Crippen LogP contribution in [-0.2, 0) is 30.4 Å². The van der Waals surface area contributed by atoms with E-state index in [4.69, 9.17) is 4.84 Å². The smallest absolute Gasteiger partial charge is 0.243 e. The lowest BCUT2D eigenvalue weighted by Crippen LogP contribution is -2.60. The van der Waals surface area contributed by atoms with Crippen molar-refractivity contribution in [2.24, 2.45) is 17.8 Å². The minimum Gasteiger partial charge on any atom is -0.417 e. The van der Waals surface area contributed by atoms with Crippen LogP contribution in [0.2, 0.25) is 0 Å². The lowest BCUT2D eigenvalue weighted by molar-refractivity contribution is -0.141. The summed E-state index contributed by atoms with van der Waals surface area (Å²) < 4.78 is 1.63. The molecule has 45 heavy (non-hydrogen) atoms. The monoisotopic (exact) mass is 622 g/mol. The van der Waals surface area contributed by atoms with Crippen LogP contribution in [0.5, 0.6) is 0 Å². The molecule has 3 N–H and O–H groups in total. The maximum Gasteiger partial charge on any atom is 0.243 e. The Balaban J connectivity index is 1.67. The third-order valence-corrected chi connectivity index (χ3v) is 9.78. The summed E-state index contributed by atoms with van der Waals surface area (Å²) >= 11 is 0. The van der Waals surface area contributed by atoms with Crippen LogP contribution in [0.3, 0.4) is 0 Å². The molecule has 3 amide bonds. The molecule has 2 heterocycles. The molecule has 0 bridgehead atoms. The number of unbranched alkanes of at least 4 members (excludes halogenated alkanes) is 2. The van der Waals surface area contributed by atoms with Gasteiger partial charge in [-0.15, -0.1) is 0 Å². The van der Waals surface area contributed by atoms with Crippen LogP contribution < -0.4 is 20.8 Å². The number of ketones is 2. The standard InChI is InChI=1S/C35H50N4O6/c1-5-22(3)31-35(44)37-29(20-23-21-39(45-4)30-19-13-12-15-25(23)30)34(43)36-28(18-9-7-8-14-24(40)6-2)32(41)26-16-10-11-17-27(26)33(42)38-31/h12-13,15,19,21-22,26-29,31H,5-11,14,16-18,20H2,1-4H3,(H,36,43)(H,37,44)(H,38,42)/t22?,26?,27-,28+,29+,31+/m1/s1. The van der Waals surface area contributed by atoms with Crippen LogP contribution in [0.15, 0.2) is 30.5 Å². The highest BCUT2D eigenvalue weighted by Gasteiger charge is 2.42. The summed E-state index contributed by atoms with van der Waals surface area (Å²) in [6, 6.07) is 5.05. The first kappa shape index (κ1) is 34.2. The van der Waals surface area contributed by atoms with Crippen LogP contribution in [0.4, 0.5) is 0 Å². The topological polar surface area (TPSA) is 136 Å². The van der Waals surface area contributed by atoms with Gasteiger partial charge in [0.05, 0.1) is 11.6 Å². The second-order valence-electron chi connectivity index (χ2n) is 12.8. The first-order valence-corrected chi connectivity index (χ1v) is 16.8. The van der Waals surface area contributed by atoms with E-state index < -0.39 is 41.8 Å². The van der Waals surface area contributed by atoms with Gasteiger partial charge in [-0.25, -0.2) is 0 Å². The number of Topliss-reactive ketones (excluding diaryl/α,β-unsaturated/α-hetero) is 2. The summed E-state index contributed by atoms with van der Waals surface area (Å²) in [4.78, 5) is 73.1. The molecule has 2 fully saturated rings. The molecule has 2 unspecified atom stereocenters. The molecule has 0 radical (unpaired) electrons. The number of aromatic nitrogens is 1. The first-order chi connectivity index (χ1) is 21.7. The summed E-state index contributed by atoms with van der Waals surface area (Å²) in [6.07, 6.45) is 9.02. The second kappa shape index (κ2) is 16.0. The number of benzene rings is 1. The molecule has 1 saturated heterocycles. The third-order valence-electron chi connectivity index (χ3n) is 9.78. The number of rotatable bonds is 12. The number of hydrogen-bond acceptors (Lipinski definition) is 6. The minimum atomic E-state index is -0.990. The van der Waals surface area contributed by atoms with Crippen molar-refractivity contribution in [1.29, 1.82) is 0 Å². The van der Waals surface area contributed by atoms with E-state index >= 15 is 0 Å². The van der Waals surface area contributed by atoms with Gasteiger partial charge in [0.25, 0.3) is 0 Å². The zero-order valence-electron chi connectivity index (χ0n) is 27.2. The molecule has 1 aromatic carbocycles. The van der Waals surface area contributed by atoms with E-state index in [0.29, 0.717) is 44.9 Å². The molecule has 10 nitrogen and oxygen atoms in total. The Morgan fingerprint density at radius 3 is 2.33 bits per heavy atom. The van der Waals surface area contributed by atoms with E-state index in [1.807, 2.05) is 45.0 Å². The van der Waals surface area contributed by atoms with Crippen LogP contribution in [0.25, 0.3) is 10.9 Å². The predicted molar refractivity (Wildman–Crippen MR) is 172 cm³/mol. The van der Waals surface area contributed by atoms with E-state index in [9.17, 15) is 24.0 Å². The van der Waals surface area contributed by atoms with Gasteiger partial charge in [0.2, 0.25) is 17.7 Å². The number of amides is 3. The number of hydrogen-bond donors (Lipinski definition) is 3. The Kier molecular flexibility index (Phi) is 12.2. The van der Waals surface area contributed by atoms with Crippen molar-refractivity contribution in [2.45, 2.75) is 116 Å². The van der Waals surface area contributed by atoms with Gasteiger partial charge in [0.15, 0.2) is 5.78 Å². The molecule has 1 aliphatic heterocycles. The van der Waals surface area contributed by atoms with Crippen molar-refractivity contribution in [1.82, 2.24) is 20.7 Å². The van der Waals surface area contributed by atoms with Crippen molar-refractivity contribution >= 4 is 40.2 Å². The van der Waals surface area contributed by atoms with Gasteiger partial charge in [-0.05, 0) is 43.2 Å². The van der Waals surface area contributed by atoms with Crippen molar-refractivity contribution in [3.05, 3.63) is 36.0 Å². The highest BCUT2D eigenvalue weighted by molar-refractivity contribution is 5.99. The highest BCUT2D eigenvalue weighted by atomic mass is 16.6. The average Bonchev–Trinajstić information content (AvgIpc) is 3.41. The van der Waals surface area contributed by atoms with Crippen molar-refractivity contribution in [3.8, 4) is 0 Å². The summed E-state index contributed by atoms with van der Waals surface area (Å²) in [5.74, 6) is -2.26. The maximum absolute atomic E-state index is 14.2. The molecule has 0 spiro atoms. The van der Waals surface area contributed by atoms with Crippen molar-refractivity contribution in [3.63, 3.8) is 0 Å². The molecule has 1 aromatic heterocycles. The normalized spacial score (nSPS) is 25.3. The molecular formula is C35H50N4O6. The van der Waals surface area contributed by atoms with Crippen molar-refractivity contribution < 1.29 is 28.8 Å². The van der Waals surface area contributed by atoms with Gasteiger partial charge in [-0.1, -0.05) is 71.1 Å². The fourth-order valence-corrected chi connectivity index (χ4v) is 6.81. The quantitative estimate of drug-likeness (QED) is 0.306. The molecule has 6 atom stereocenters. The van der Waals surface area contributed by atoms with Gasteiger partial charge >= 0.3 is 0 Å². The van der Waals surface area contributed by atoms with E-state index in [2.05, 4.69) is 16.0 Å². The summed E-state index contributed by atoms with van der Waals surface area (Å²) in [6.45, 7) is 5.72. The van der Waals surface area contributed by atoms with Crippen molar-refractivity contribution in [2.75, 3.05) is 7.11 Å². The van der Waals surface area contributed by atoms with Gasteiger partial charge < -0.3 is 20.8 Å². The zero-order valence-corrected chi connectivity index (χ0v) is 27.2. The van der Waals surface area contributed by atoms with E-state index in [-0.39, 0.29) is 29.8 Å². The Hall–Kier alpha value is -3.69. The lowest BCUT2D eigenvalue weighted by atomic mass is 9.74. The predicted octanol–water partition coefficient (Wildman–Crippen LogP) is 4.06. The number of nitrogens with one attached hydrogen (secondary N) is 3. The summed E-state index contributed by atoms with van der Waals surface area (Å²) in [5, 5.41) is 9.85. The second-order valence-corrected chi connectivity index (χ2v) is 12.8. The largest absolute Gasteiger partial charge is 0.417 e. The molecule has 10 heteroatoms. The molecule has 246 valence electrons. The molecule has 2 aliphatic rings. The van der Waals surface area contributed by atoms with Gasteiger partial charge in [0.1, 0.15) is 25.0 Å². The van der Waals surface area contributed by atoms with Gasteiger partial charge in [-0.2, -0.15) is 4.73 Å². The number of para-hydroxylation sites is 1. The number of carbonyl (C=O) groups is 5. The number of fused-ring (bicyclic) bond motifs is 2. The van der Waals surface area contributed by atoms with Crippen LogP contribution in [0, 0.1) is 17.8 Å².